The zero-order chi connectivity index (χ0) is 11.1. The highest BCUT2D eigenvalue weighted by Gasteiger charge is 2.22. The van der Waals surface area contributed by atoms with Crippen LogP contribution in [0.4, 0.5) is 0 Å². The smallest absolute Gasteiger partial charge is 0.0518 e. The van der Waals surface area contributed by atoms with E-state index in [9.17, 15) is 0 Å². The summed E-state index contributed by atoms with van der Waals surface area (Å²) in [4.78, 5) is 2.50. The van der Waals surface area contributed by atoms with Crippen molar-refractivity contribution in [1.29, 1.82) is 0 Å². The molecule has 1 aliphatic rings. The van der Waals surface area contributed by atoms with Crippen molar-refractivity contribution in [2.24, 2.45) is 0 Å². The van der Waals surface area contributed by atoms with Crippen LogP contribution in [-0.4, -0.2) is 48.5 Å². The van der Waals surface area contributed by atoms with E-state index >= 15 is 0 Å². The van der Waals surface area contributed by atoms with Crippen molar-refractivity contribution in [2.45, 2.75) is 51.7 Å². The van der Waals surface area contributed by atoms with E-state index < -0.39 is 0 Å². The summed E-state index contributed by atoms with van der Waals surface area (Å²) >= 11 is 0. The van der Waals surface area contributed by atoms with E-state index in [1.54, 1.807) is 0 Å². The molecule has 0 aromatic carbocycles. The number of aliphatic hydroxyl groups excluding tert-OH is 1. The molecule has 3 nitrogen and oxygen atoms in total. The third-order valence-electron chi connectivity index (χ3n) is 3.00. The molecule has 1 rings (SSSR count). The van der Waals surface area contributed by atoms with Crippen molar-refractivity contribution in [3.63, 3.8) is 0 Å². The van der Waals surface area contributed by atoms with E-state index in [0.717, 1.165) is 26.0 Å². The molecule has 1 atom stereocenters. The van der Waals surface area contributed by atoms with Crippen LogP contribution in [0.1, 0.15) is 39.5 Å². The molecule has 0 radical (unpaired) electrons. The van der Waals surface area contributed by atoms with Crippen molar-refractivity contribution in [3.05, 3.63) is 0 Å². The van der Waals surface area contributed by atoms with Crippen LogP contribution in [-0.2, 0) is 4.74 Å². The SMILES string of the molecule is CC(C)OCCCN1CCCC1CCO. The predicted octanol–water partition coefficient (Wildman–Crippen LogP) is 1.65. The standard InChI is InChI=1S/C12H25NO2/c1-11(2)15-10-4-8-13-7-3-5-12(13)6-9-14/h11-12,14H,3-10H2,1-2H3. The first-order valence-electron chi connectivity index (χ1n) is 6.20. The summed E-state index contributed by atoms with van der Waals surface area (Å²) in [6.07, 6.45) is 4.93. The van der Waals surface area contributed by atoms with Crippen LogP contribution in [0.3, 0.4) is 0 Å². The Morgan fingerprint density at radius 2 is 2.27 bits per heavy atom. The molecule has 0 aliphatic carbocycles. The molecule has 0 saturated carbocycles. The molecular formula is C12H25NO2. The lowest BCUT2D eigenvalue weighted by atomic mass is 10.1. The molecule has 0 aromatic rings. The van der Waals surface area contributed by atoms with Crippen molar-refractivity contribution in [2.75, 3.05) is 26.3 Å². The largest absolute Gasteiger partial charge is 0.396 e. The topological polar surface area (TPSA) is 32.7 Å². The highest BCUT2D eigenvalue weighted by molar-refractivity contribution is 4.78. The van der Waals surface area contributed by atoms with E-state index in [1.165, 1.54) is 19.4 Å². The monoisotopic (exact) mass is 215 g/mol. The Balaban J connectivity index is 2.09. The predicted molar refractivity (Wildman–Crippen MR) is 62.0 cm³/mol. The van der Waals surface area contributed by atoms with Crippen molar-refractivity contribution in [1.82, 2.24) is 4.90 Å². The Kier molecular flexibility index (Phi) is 6.22. The molecule has 0 aromatic heterocycles. The Morgan fingerprint density at radius 1 is 1.47 bits per heavy atom. The minimum Gasteiger partial charge on any atom is -0.396 e. The summed E-state index contributed by atoms with van der Waals surface area (Å²) in [5, 5.41) is 8.94. The number of rotatable bonds is 7. The summed E-state index contributed by atoms with van der Waals surface area (Å²) in [6, 6.07) is 0.619. The van der Waals surface area contributed by atoms with Crippen LogP contribution in [0.15, 0.2) is 0 Å². The number of likely N-dealkylation sites (tertiary alicyclic amines) is 1. The van der Waals surface area contributed by atoms with Crippen molar-refractivity contribution >= 4 is 0 Å². The number of hydrogen-bond acceptors (Lipinski definition) is 3. The second kappa shape index (κ2) is 7.20. The first-order valence-corrected chi connectivity index (χ1v) is 6.20. The normalized spacial score (nSPS) is 22.8. The first-order chi connectivity index (χ1) is 7.24. The molecule has 0 spiro atoms. The molecular weight excluding hydrogens is 190 g/mol. The van der Waals surface area contributed by atoms with E-state index in [-0.39, 0.29) is 0 Å². The lowest BCUT2D eigenvalue weighted by Crippen LogP contribution is -2.31. The first kappa shape index (κ1) is 12.9. The molecule has 0 bridgehead atoms. The van der Waals surface area contributed by atoms with Gasteiger partial charge in [-0.05, 0) is 46.1 Å². The average Bonchev–Trinajstić information content (AvgIpc) is 2.61. The molecule has 1 saturated heterocycles. The molecule has 1 aliphatic heterocycles. The molecule has 1 heterocycles. The van der Waals surface area contributed by atoms with Gasteiger partial charge in [0.25, 0.3) is 0 Å². The Labute approximate surface area is 93.4 Å². The molecule has 3 heteroatoms. The summed E-state index contributed by atoms with van der Waals surface area (Å²) in [5.74, 6) is 0. The van der Waals surface area contributed by atoms with Gasteiger partial charge in [0.05, 0.1) is 6.10 Å². The van der Waals surface area contributed by atoms with E-state index in [4.69, 9.17) is 9.84 Å². The van der Waals surface area contributed by atoms with Gasteiger partial charge in [-0.1, -0.05) is 0 Å². The Morgan fingerprint density at radius 3 is 2.93 bits per heavy atom. The highest BCUT2D eigenvalue weighted by Crippen LogP contribution is 2.19. The number of ether oxygens (including phenoxy) is 1. The van der Waals surface area contributed by atoms with Gasteiger partial charge in [0.15, 0.2) is 0 Å². The minimum absolute atomic E-state index is 0.323. The quantitative estimate of drug-likeness (QED) is 0.655. The average molecular weight is 215 g/mol. The van der Waals surface area contributed by atoms with Crippen LogP contribution in [0.5, 0.6) is 0 Å². The maximum absolute atomic E-state index is 8.94. The maximum atomic E-state index is 8.94. The van der Waals surface area contributed by atoms with Gasteiger partial charge in [0, 0.05) is 25.8 Å². The molecule has 1 unspecified atom stereocenters. The van der Waals surface area contributed by atoms with E-state index in [2.05, 4.69) is 18.7 Å². The van der Waals surface area contributed by atoms with Gasteiger partial charge in [0.1, 0.15) is 0 Å². The molecule has 90 valence electrons. The Hall–Kier alpha value is -0.120. The third-order valence-corrected chi connectivity index (χ3v) is 3.00. The minimum atomic E-state index is 0.323. The fraction of sp³-hybridized carbons (Fsp3) is 1.00. The van der Waals surface area contributed by atoms with Crippen molar-refractivity contribution in [3.8, 4) is 0 Å². The fourth-order valence-electron chi connectivity index (χ4n) is 2.25. The maximum Gasteiger partial charge on any atom is 0.0518 e. The van der Waals surface area contributed by atoms with Crippen molar-refractivity contribution < 1.29 is 9.84 Å². The number of nitrogens with zero attached hydrogens (tertiary/aromatic N) is 1. The Bertz CT molecular complexity index is 162. The fourth-order valence-corrected chi connectivity index (χ4v) is 2.25. The molecule has 15 heavy (non-hydrogen) atoms. The van der Waals surface area contributed by atoms with E-state index in [1.807, 2.05) is 0 Å². The van der Waals surface area contributed by atoms with Gasteiger partial charge in [-0.3, -0.25) is 0 Å². The number of aliphatic hydroxyl groups is 1. The second-order valence-corrected chi connectivity index (χ2v) is 4.62. The van der Waals surface area contributed by atoms with Gasteiger partial charge < -0.3 is 14.7 Å². The molecule has 1 fully saturated rings. The van der Waals surface area contributed by atoms with E-state index in [0.29, 0.717) is 18.8 Å². The summed E-state index contributed by atoms with van der Waals surface area (Å²) < 4.78 is 5.52. The van der Waals surface area contributed by atoms with Crippen LogP contribution in [0.2, 0.25) is 0 Å². The highest BCUT2D eigenvalue weighted by atomic mass is 16.5. The van der Waals surface area contributed by atoms with Crippen LogP contribution < -0.4 is 0 Å². The second-order valence-electron chi connectivity index (χ2n) is 4.62. The summed E-state index contributed by atoms with van der Waals surface area (Å²) in [6.45, 7) is 7.66. The van der Waals surface area contributed by atoms with Crippen LogP contribution >= 0.6 is 0 Å². The zero-order valence-electron chi connectivity index (χ0n) is 10.1. The zero-order valence-corrected chi connectivity index (χ0v) is 10.1. The van der Waals surface area contributed by atoms with Gasteiger partial charge >= 0.3 is 0 Å². The van der Waals surface area contributed by atoms with Crippen LogP contribution in [0, 0.1) is 0 Å². The van der Waals surface area contributed by atoms with Gasteiger partial charge in [-0.15, -0.1) is 0 Å². The summed E-state index contributed by atoms with van der Waals surface area (Å²) in [7, 11) is 0. The number of hydrogen-bond donors (Lipinski definition) is 1. The summed E-state index contributed by atoms with van der Waals surface area (Å²) in [5.41, 5.74) is 0. The van der Waals surface area contributed by atoms with Gasteiger partial charge in [0.2, 0.25) is 0 Å². The molecule has 0 amide bonds. The molecule has 1 N–H and O–H groups in total. The van der Waals surface area contributed by atoms with Crippen LogP contribution in [0.25, 0.3) is 0 Å². The van der Waals surface area contributed by atoms with Gasteiger partial charge in [-0.2, -0.15) is 0 Å². The van der Waals surface area contributed by atoms with Gasteiger partial charge in [-0.25, -0.2) is 0 Å². The lowest BCUT2D eigenvalue weighted by molar-refractivity contribution is 0.0686. The lowest BCUT2D eigenvalue weighted by Gasteiger charge is -2.23. The third kappa shape index (κ3) is 4.96.